The molecule has 0 saturated heterocycles. The van der Waals surface area contributed by atoms with Gasteiger partial charge in [0.2, 0.25) is 5.82 Å². The highest BCUT2D eigenvalue weighted by molar-refractivity contribution is 5.85. The Hall–Kier alpha value is -2.50. The predicted molar refractivity (Wildman–Crippen MR) is 64.9 cm³/mol. The number of nitrogens with one attached hydrogen (secondary N) is 1. The largest absolute Gasteiger partial charge is 0.463 e. The van der Waals surface area contributed by atoms with Crippen molar-refractivity contribution in [2.24, 2.45) is 0 Å². The van der Waals surface area contributed by atoms with Crippen molar-refractivity contribution in [2.75, 3.05) is 12.4 Å². The topological polar surface area (TPSA) is 77.0 Å². The van der Waals surface area contributed by atoms with E-state index >= 15 is 0 Å². The van der Waals surface area contributed by atoms with Crippen molar-refractivity contribution in [3.05, 3.63) is 48.2 Å². The molecule has 0 saturated carbocycles. The van der Waals surface area contributed by atoms with Crippen LogP contribution in [-0.2, 0) is 11.3 Å². The van der Waals surface area contributed by atoms with Crippen molar-refractivity contribution in [3.8, 4) is 0 Å². The fraction of sp³-hybridized carbons (Fsp3) is 0.167. The zero-order valence-electron chi connectivity index (χ0n) is 9.83. The van der Waals surface area contributed by atoms with Gasteiger partial charge in [-0.25, -0.2) is 14.8 Å². The lowest BCUT2D eigenvalue weighted by atomic mass is 10.3. The number of carbonyl (C=O) groups is 1. The van der Waals surface area contributed by atoms with Gasteiger partial charge in [-0.2, -0.15) is 0 Å². The fourth-order valence-electron chi connectivity index (χ4n) is 1.33. The summed E-state index contributed by atoms with van der Waals surface area (Å²) >= 11 is 0. The van der Waals surface area contributed by atoms with E-state index in [1.54, 1.807) is 12.3 Å². The zero-order chi connectivity index (χ0) is 12.8. The molecule has 0 spiro atoms. The Morgan fingerprint density at radius 2 is 2.17 bits per heavy atom. The Balaban J connectivity index is 2.04. The van der Waals surface area contributed by atoms with E-state index in [2.05, 4.69) is 25.0 Å². The lowest BCUT2D eigenvalue weighted by Crippen LogP contribution is -2.10. The average molecular weight is 244 g/mol. The van der Waals surface area contributed by atoms with E-state index in [1.165, 1.54) is 13.3 Å². The molecule has 0 radical (unpaired) electrons. The van der Waals surface area contributed by atoms with E-state index < -0.39 is 5.97 Å². The second kappa shape index (κ2) is 5.72. The molecule has 1 N–H and O–H groups in total. The highest BCUT2D eigenvalue weighted by atomic mass is 16.5. The van der Waals surface area contributed by atoms with E-state index in [1.807, 2.05) is 18.2 Å². The first-order valence-electron chi connectivity index (χ1n) is 5.35. The molecule has 0 aliphatic heterocycles. The number of hydrogen-bond donors (Lipinski definition) is 1. The van der Waals surface area contributed by atoms with E-state index in [-0.39, 0.29) is 5.82 Å². The summed E-state index contributed by atoms with van der Waals surface area (Å²) in [6, 6.07) is 7.33. The molecule has 0 aromatic carbocycles. The summed E-state index contributed by atoms with van der Waals surface area (Å²) in [7, 11) is 1.29. The van der Waals surface area contributed by atoms with Crippen LogP contribution in [0.3, 0.4) is 0 Å². The van der Waals surface area contributed by atoms with Crippen LogP contribution in [0.2, 0.25) is 0 Å². The smallest absolute Gasteiger partial charge is 0.376 e. The summed E-state index contributed by atoms with van der Waals surface area (Å²) < 4.78 is 4.55. The summed E-state index contributed by atoms with van der Waals surface area (Å²) in [5.41, 5.74) is 0.885. The number of hydrogen-bond acceptors (Lipinski definition) is 6. The number of esters is 1. The van der Waals surface area contributed by atoms with Crippen LogP contribution in [0, 0.1) is 0 Å². The highest BCUT2D eigenvalue weighted by Gasteiger charge is 2.09. The van der Waals surface area contributed by atoms with Gasteiger partial charge >= 0.3 is 5.97 Å². The molecule has 6 nitrogen and oxygen atoms in total. The minimum absolute atomic E-state index is 0.0310. The molecule has 0 atom stereocenters. The Kier molecular flexibility index (Phi) is 3.80. The maximum atomic E-state index is 11.3. The SMILES string of the molecule is COC(=O)c1nccc(NCc2ccccn2)n1. The van der Waals surface area contributed by atoms with Crippen LogP contribution in [-0.4, -0.2) is 28.0 Å². The number of ether oxygens (including phenoxy) is 1. The summed E-state index contributed by atoms with van der Waals surface area (Å²) in [6.07, 6.45) is 3.22. The first-order chi connectivity index (χ1) is 8.79. The van der Waals surface area contributed by atoms with Crippen LogP contribution in [0.15, 0.2) is 36.7 Å². The fourth-order valence-corrected chi connectivity index (χ4v) is 1.33. The van der Waals surface area contributed by atoms with Gasteiger partial charge in [-0.1, -0.05) is 6.07 Å². The zero-order valence-corrected chi connectivity index (χ0v) is 9.83. The lowest BCUT2D eigenvalue weighted by Gasteiger charge is -2.05. The normalized spacial score (nSPS) is 9.83. The van der Waals surface area contributed by atoms with Gasteiger partial charge in [0.15, 0.2) is 0 Å². The third-order valence-corrected chi connectivity index (χ3v) is 2.20. The monoisotopic (exact) mass is 244 g/mol. The molecule has 18 heavy (non-hydrogen) atoms. The number of carbonyl (C=O) groups excluding carboxylic acids is 1. The molecule has 0 bridgehead atoms. The number of aromatic nitrogens is 3. The van der Waals surface area contributed by atoms with Gasteiger partial charge in [-0.3, -0.25) is 4.98 Å². The molecule has 0 aliphatic carbocycles. The van der Waals surface area contributed by atoms with Gasteiger partial charge < -0.3 is 10.1 Å². The number of methoxy groups -OCH3 is 1. The Morgan fingerprint density at radius 3 is 2.89 bits per heavy atom. The van der Waals surface area contributed by atoms with E-state index in [0.717, 1.165) is 5.69 Å². The number of rotatable bonds is 4. The van der Waals surface area contributed by atoms with Crippen LogP contribution in [0.1, 0.15) is 16.3 Å². The summed E-state index contributed by atoms with van der Waals surface area (Å²) in [6.45, 7) is 0.526. The van der Waals surface area contributed by atoms with Gasteiger partial charge in [0.05, 0.1) is 19.3 Å². The van der Waals surface area contributed by atoms with Crippen LogP contribution in [0.25, 0.3) is 0 Å². The van der Waals surface area contributed by atoms with Gasteiger partial charge in [-0.05, 0) is 18.2 Å². The van der Waals surface area contributed by atoms with Crippen LogP contribution in [0.4, 0.5) is 5.82 Å². The van der Waals surface area contributed by atoms with Crippen LogP contribution >= 0.6 is 0 Å². The second-order valence-corrected chi connectivity index (χ2v) is 3.43. The minimum atomic E-state index is -0.559. The first kappa shape index (κ1) is 12.0. The molecule has 2 aromatic rings. The Labute approximate surface area is 104 Å². The van der Waals surface area contributed by atoms with Gasteiger partial charge in [0.25, 0.3) is 0 Å². The molecule has 0 aliphatic rings. The summed E-state index contributed by atoms with van der Waals surface area (Å²) in [5.74, 6) is 0.0241. The van der Waals surface area contributed by atoms with Gasteiger partial charge in [0.1, 0.15) is 5.82 Å². The number of pyridine rings is 1. The number of anilines is 1. The molecule has 0 unspecified atom stereocenters. The third kappa shape index (κ3) is 3.00. The second-order valence-electron chi connectivity index (χ2n) is 3.43. The van der Waals surface area contributed by atoms with Gasteiger partial charge in [-0.15, -0.1) is 0 Å². The van der Waals surface area contributed by atoms with E-state index in [0.29, 0.717) is 12.4 Å². The number of nitrogens with zero attached hydrogens (tertiary/aromatic N) is 3. The van der Waals surface area contributed by atoms with E-state index in [9.17, 15) is 4.79 Å². The molecule has 2 aromatic heterocycles. The minimum Gasteiger partial charge on any atom is -0.463 e. The molecule has 2 rings (SSSR count). The lowest BCUT2D eigenvalue weighted by molar-refractivity contribution is 0.0587. The molecular weight excluding hydrogens is 232 g/mol. The van der Waals surface area contributed by atoms with Crippen molar-refractivity contribution in [3.63, 3.8) is 0 Å². The third-order valence-electron chi connectivity index (χ3n) is 2.20. The Bertz CT molecular complexity index is 531. The predicted octanol–water partition coefficient (Wildman–Crippen LogP) is 1.27. The van der Waals surface area contributed by atoms with Gasteiger partial charge in [0, 0.05) is 12.4 Å². The van der Waals surface area contributed by atoms with Crippen LogP contribution < -0.4 is 5.32 Å². The van der Waals surface area contributed by atoms with E-state index in [4.69, 9.17) is 0 Å². The average Bonchev–Trinajstić information content (AvgIpc) is 2.45. The maximum Gasteiger partial charge on any atom is 0.376 e. The van der Waals surface area contributed by atoms with Crippen molar-refractivity contribution in [2.45, 2.75) is 6.54 Å². The Morgan fingerprint density at radius 1 is 1.28 bits per heavy atom. The molecule has 92 valence electrons. The molecule has 0 fully saturated rings. The quantitative estimate of drug-likeness (QED) is 0.816. The molecule has 0 amide bonds. The first-order valence-corrected chi connectivity index (χ1v) is 5.35. The highest BCUT2D eigenvalue weighted by Crippen LogP contribution is 2.05. The van der Waals surface area contributed by atoms with Crippen molar-refractivity contribution in [1.29, 1.82) is 0 Å². The molecular formula is C12H12N4O2. The summed E-state index contributed by atoms with van der Waals surface area (Å²) in [5, 5.41) is 3.06. The van der Waals surface area contributed by atoms with Crippen molar-refractivity contribution in [1.82, 2.24) is 15.0 Å². The molecule has 6 heteroatoms. The molecule has 2 heterocycles. The van der Waals surface area contributed by atoms with Crippen molar-refractivity contribution < 1.29 is 9.53 Å². The summed E-state index contributed by atoms with van der Waals surface area (Å²) in [4.78, 5) is 23.3. The maximum absolute atomic E-state index is 11.3. The van der Waals surface area contributed by atoms with Crippen molar-refractivity contribution >= 4 is 11.8 Å². The standard InChI is InChI=1S/C12H12N4O2/c1-18-12(17)11-14-7-5-10(16-11)15-8-9-4-2-3-6-13-9/h2-7H,8H2,1H3,(H,14,15,16). The van der Waals surface area contributed by atoms with Crippen LogP contribution in [0.5, 0.6) is 0 Å².